The molecule has 0 aromatic carbocycles. The van der Waals surface area contributed by atoms with Gasteiger partial charge < -0.3 is 0 Å². The number of hydrogen-bond acceptors (Lipinski definition) is 5. The monoisotopic (exact) mass is 367 g/mol. The highest BCUT2D eigenvalue weighted by Crippen LogP contribution is 2.22. The lowest BCUT2D eigenvalue weighted by Crippen LogP contribution is -2.30. The van der Waals surface area contributed by atoms with Gasteiger partial charge in [0.2, 0.25) is 0 Å². The van der Waals surface area contributed by atoms with E-state index in [0.29, 0.717) is 5.92 Å². The molecule has 0 spiro atoms. The van der Waals surface area contributed by atoms with Crippen molar-refractivity contribution in [3.8, 4) is 10.6 Å². The van der Waals surface area contributed by atoms with E-state index in [-0.39, 0.29) is 0 Å². The van der Waals surface area contributed by atoms with Crippen molar-refractivity contribution < 1.29 is 21.6 Å². The Hall–Kier alpha value is -1.52. The summed E-state index contributed by atoms with van der Waals surface area (Å²) in [6.07, 6.45) is 4.73. The first-order chi connectivity index (χ1) is 10.5. The molecule has 2 aromatic heterocycles. The number of nitrogens with two attached hydrogens (primary N) is 1. The Morgan fingerprint density at radius 2 is 1.87 bits per heavy atom. The average Bonchev–Trinajstić information content (AvgIpc) is 2.90. The molecule has 0 saturated heterocycles. The van der Waals surface area contributed by atoms with Gasteiger partial charge in [-0.25, -0.2) is 18.5 Å². The fraction of sp³-hybridized carbons (Fsp3) is 0.385. The standard InChI is InChI=1S/C12H14N2S.CH2F3NO2S/c1-9(2)7-11-8-10(3-4-13-11)12-14-5-6-15-12;2-1(3,4)8(5,6)7/h3-6,8-9H,7H2,1-2H3;(H2,5,6,7). The van der Waals surface area contributed by atoms with E-state index in [2.05, 4.69) is 35.0 Å². The van der Waals surface area contributed by atoms with E-state index < -0.39 is 15.5 Å². The summed E-state index contributed by atoms with van der Waals surface area (Å²) in [5, 5.41) is 6.73. The van der Waals surface area contributed by atoms with Gasteiger partial charge in [0.15, 0.2) is 0 Å². The van der Waals surface area contributed by atoms with E-state index in [1.165, 1.54) is 5.56 Å². The molecule has 0 aliphatic heterocycles. The molecule has 0 aliphatic rings. The molecular weight excluding hydrogens is 351 g/mol. The largest absolute Gasteiger partial charge is 0.511 e. The van der Waals surface area contributed by atoms with Gasteiger partial charge in [-0.2, -0.15) is 13.2 Å². The maximum Gasteiger partial charge on any atom is 0.511 e. The first kappa shape index (κ1) is 19.5. The summed E-state index contributed by atoms with van der Waals surface area (Å²) >= 11 is 1.66. The average molecular weight is 367 g/mol. The Bertz CT molecular complexity index is 714. The lowest BCUT2D eigenvalue weighted by atomic mass is 10.1. The summed E-state index contributed by atoms with van der Waals surface area (Å²) in [6.45, 7) is 4.41. The number of nitrogens with zero attached hydrogens (tertiary/aromatic N) is 2. The van der Waals surface area contributed by atoms with Crippen LogP contribution in [0.15, 0.2) is 29.9 Å². The molecule has 2 rings (SSSR count). The molecule has 0 atom stereocenters. The summed E-state index contributed by atoms with van der Waals surface area (Å²) < 4.78 is 51.2. The van der Waals surface area contributed by atoms with Crippen molar-refractivity contribution in [2.75, 3.05) is 0 Å². The summed E-state index contributed by atoms with van der Waals surface area (Å²) in [6, 6.07) is 4.15. The number of alkyl halides is 3. The van der Waals surface area contributed by atoms with Crippen LogP contribution in [0.3, 0.4) is 0 Å². The maximum atomic E-state index is 10.8. The number of pyridine rings is 1. The van der Waals surface area contributed by atoms with Gasteiger partial charge in [0.25, 0.3) is 0 Å². The van der Waals surface area contributed by atoms with E-state index in [0.717, 1.165) is 17.1 Å². The van der Waals surface area contributed by atoms with E-state index in [1.54, 1.807) is 11.3 Å². The molecule has 0 aliphatic carbocycles. The highest BCUT2D eigenvalue weighted by molar-refractivity contribution is 7.90. The molecule has 0 saturated carbocycles. The summed E-state index contributed by atoms with van der Waals surface area (Å²) in [5.41, 5.74) is -2.99. The molecule has 0 amide bonds. The molecule has 0 bridgehead atoms. The topological polar surface area (TPSA) is 85.9 Å². The highest BCUT2D eigenvalue weighted by Gasteiger charge is 2.42. The quantitative estimate of drug-likeness (QED) is 0.903. The molecule has 10 heteroatoms. The summed E-state index contributed by atoms with van der Waals surface area (Å²) in [4.78, 5) is 8.66. The minimum Gasteiger partial charge on any atom is -0.261 e. The molecule has 2 aromatic rings. The van der Waals surface area contributed by atoms with Crippen molar-refractivity contribution in [1.82, 2.24) is 9.97 Å². The molecule has 2 heterocycles. The van der Waals surface area contributed by atoms with Crippen LogP contribution < -0.4 is 5.14 Å². The van der Waals surface area contributed by atoms with Crippen molar-refractivity contribution in [2.24, 2.45) is 11.1 Å². The summed E-state index contributed by atoms with van der Waals surface area (Å²) in [5.74, 6) is 0.643. The van der Waals surface area contributed by atoms with Gasteiger partial charge in [-0.3, -0.25) is 4.98 Å². The molecule has 23 heavy (non-hydrogen) atoms. The van der Waals surface area contributed by atoms with E-state index in [1.807, 2.05) is 23.8 Å². The number of rotatable bonds is 3. The minimum atomic E-state index is -5.34. The fourth-order valence-electron chi connectivity index (χ4n) is 1.51. The number of thiazole rings is 1. The Labute approximate surface area is 136 Å². The molecule has 0 fully saturated rings. The Morgan fingerprint density at radius 1 is 1.26 bits per heavy atom. The van der Waals surface area contributed by atoms with Crippen molar-refractivity contribution in [3.63, 3.8) is 0 Å². The third-order valence-corrected chi connectivity index (χ3v) is 3.90. The molecule has 5 nitrogen and oxygen atoms in total. The first-order valence-electron chi connectivity index (χ1n) is 6.44. The van der Waals surface area contributed by atoms with Gasteiger partial charge in [-0.15, -0.1) is 11.3 Å². The number of aromatic nitrogens is 2. The summed E-state index contributed by atoms with van der Waals surface area (Å²) in [7, 11) is -5.34. The molecule has 2 N–H and O–H groups in total. The normalized spacial score (nSPS) is 12.0. The van der Waals surface area contributed by atoms with Crippen molar-refractivity contribution in [1.29, 1.82) is 0 Å². The predicted octanol–water partition coefficient (Wildman–Crippen LogP) is 3.20. The maximum absolute atomic E-state index is 10.8. The predicted molar refractivity (Wildman–Crippen MR) is 83.0 cm³/mol. The lowest BCUT2D eigenvalue weighted by Gasteiger charge is -2.04. The first-order valence-corrected chi connectivity index (χ1v) is 8.87. The molecule has 128 valence electrons. The molecule has 0 unspecified atom stereocenters. The van der Waals surface area contributed by atoms with Gasteiger partial charge in [0.05, 0.1) is 0 Å². The zero-order valence-electron chi connectivity index (χ0n) is 12.4. The van der Waals surface area contributed by atoms with Crippen LogP contribution in [-0.4, -0.2) is 23.9 Å². The van der Waals surface area contributed by atoms with Gasteiger partial charge >= 0.3 is 15.5 Å². The SMILES string of the molecule is CC(C)Cc1cc(-c2nccs2)ccn1.NS(=O)(=O)C(F)(F)F. The van der Waals surface area contributed by atoms with Crippen LogP contribution in [0.1, 0.15) is 19.5 Å². The number of primary sulfonamides is 1. The Kier molecular flexibility index (Phi) is 6.66. The number of halogens is 3. The van der Waals surface area contributed by atoms with Gasteiger partial charge in [0.1, 0.15) is 5.01 Å². The third-order valence-electron chi connectivity index (χ3n) is 2.44. The van der Waals surface area contributed by atoms with Crippen molar-refractivity contribution >= 4 is 21.4 Å². The van der Waals surface area contributed by atoms with E-state index in [9.17, 15) is 21.6 Å². The van der Waals surface area contributed by atoms with Crippen molar-refractivity contribution in [3.05, 3.63) is 35.6 Å². The van der Waals surface area contributed by atoms with Crippen LogP contribution in [0.4, 0.5) is 13.2 Å². The second kappa shape index (κ2) is 7.84. The fourth-order valence-corrected chi connectivity index (χ4v) is 2.14. The zero-order valence-corrected chi connectivity index (χ0v) is 14.0. The van der Waals surface area contributed by atoms with Crippen LogP contribution >= 0.6 is 11.3 Å². The molecular formula is C13H16F3N3O2S2. The number of hydrogen-bond donors (Lipinski definition) is 1. The van der Waals surface area contributed by atoms with E-state index in [4.69, 9.17) is 0 Å². The second-order valence-corrected chi connectivity index (χ2v) is 7.41. The number of sulfonamides is 1. The van der Waals surface area contributed by atoms with E-state index >= 15 is 0 Å². The Morgan fingerprint density at radius 3 is 2.30 bits per heavy atom. The highest BCUT2D eigenvalue weighted by atomic mass is 32.2. The third kappa shape index (κ3) is 6.63. The van der Waals surface area contributed by atoms with Crippen molar-refractivity contribution in [2.45, 2.75) is 25.8 Å². The van der Waals surface area contributed by atoms with Gasteiger partial charge in [0, 0.05) is 29.0 Å². The van der Waals surface area contributed by atoms with Gasteiger partial charge in [-0.05, 0) is 24.5 Å². The van der Waals surface area contributed by atoms with Crippen LogP contribution in [0.25, 0.3) is 10.6 Å². The molecule has 0 radical (unpaired) electrons. The van der Waals surface area contributed by atoms with Crippen LogP contribution in [0.5, 0.6) is 0 Å². The second-order valence-electron chi connectivity index (χ2n) is 4.96. The zero-order chi connectivity index (χ0) is 17.7. The van der Waals surface area contributed by atoms with Gasteiger partial charge in [-0.1, -0.05) is 13.8 Å². The van der Waals surface area contributed by atoms with Crippen LogP contribution in [-0.2, 0) is 16.4 Å². The lowest BCUT2D eigenvalue weighted by molar-refractivity contribution is -0.0436. The Balaban J connectivity index is 0.000000284. The van der Waals surface area contributed by atoms with Crippen LogP contribution in [0, 0.1) is 5.92 Å². The minimum absolute atomic E-state index is 0.643. The van der Waals surface area contributed by atoms with Crippen LogP contribution in [0.2, 0.25) is 0 Å². The smallest absolute Gasteiger partial charge is 0.261 e.